The molecule has 4 nitrogen and oxygen atoms in total. The maximum absolute atomic E-state index is 12.0. The smallest absolute Gasteiger partial charge is 0.257 e. The molecule has 0 fully saturated rings. The summed E-state index contributed by atoms with van der Waals surface area (Å²) in [5.41, 5.74) is 2.67. The van der Waals surface area contributed by atoms with E-state index < -0.39 is 0 Å². The molecule has 0 radical (unpaired) electrons. The van der Waals surface area contributed by atoms with Gasteiger partial charge in [-0.2, -0.15) is 0 Å². The molecule has 0 aromatic carbocycles. The van der Waals surface area contributed by atoms with E-state index in [4.69, 9.17) is 0 Å². The van der Waals surface area contributed by atoms with Crippen molar-refractivity contribution in [1.29, 1.82) is 0 Å². The first-order valence-electron chi connectivity index (χ1n) is 6.78. The standard InChI is InChI=1S/C15H20N2O2/c1-4-5-6-7-8-11-12-9(2)13(18)10(3)16-14(12)17-15(11)19/h8,18H,4-7H2,1-3H3,(H,16,17,19)/b11-8-. The topological polar surface area (TPSA) is 62.2 Å². The van der Waals surface area contributed by atoms with Gasteiger partial charge in [-0.25, -0.2) is 4.98 Å². The number of allylic oxidation sites excluding steroid dienone is 1. The van der Waals surface area contributed by atoms with Crippen LogP contribution in [0.4, 0.5) is 5.82 Å². The average Bonchev–Trinajstić information content (AvgIpc) is 2.68. The van der Waals surface area contributed by atoms with Crippen LogP contribution in [0, 0.1) is 13.8 Å². The number of aromatic nitrogens is 1. The van der Waals surface area contributed by atoms with Crippen molar-refractivity contribution in [1.82, 2.24) is 4.98 Å². The van der Waals surface area contributed by atoms with Gasteiger partial charge < -0.3 is 10.4 Å². The summed E-state index contributed by atoms with van der Waals surface area (Å²) in [6.45, 7) is 5.71. The number of nitrogens with one attached hydrogen (secondary N) is 1. The van der Waals surface area contributed by atoms with Gasteiger partial charge in [0.15, 0.2) is 0 Å². The highest BCUT2D eigenvalue weighted by atomic mass is 16.3. The quantitative estimate of drug-likeness (QED) is 0.645. The van der Waals surface area contributed by atoms with Gasteiger partial charge in [0.2, 0.25) is 0 Å². The molecule has 102 valence electrons. The van der Waals surface area contributed by atoms with Gasteiger partial charge in [-0.15, -0.1) is 0 Å². The number of pyridine rings is 1. The van der Waals surface area contributed by atoms with Crippen molar-refractivity contribution in [2.24, 2.45) is 0 Å². The van der Waals surface area contributed by atoms with Crippen LogP contribution in [0.3, 0.4) is 0 Å². The van der Waals surface area contributed by atoms with Crippen LogP contribution in [0.25, 0.3) is 5.57 Å². The van der Waals surface area contributed by atoms with Crippen molar-refractivity contribution >= 4 is 17.3 Å². The van der Waals surface area contributed by atoms with Gasteiger partial charge in [0.05, 0.1) is 5.69 Å². The Morgan fingerprint density at radius 3 is 2.74 bits per heavy atom. The van der Waals surface area contributed by atoms with E-state index in [0.717, 1.165) is 36.8 Å². The van der Waals surface area contributed by atoms with E-state index in [1.807, 2.05) is 13.0 Å². The summed E-state index contributed by atoms with van der Waals surface area (Å²) in [6.07, 6.45) is 6.23. The zero-order chi connectivity index (χ0) is 14.0. The minimum absolute atomic E-state index is 0.118. The van der Waals surface area contributed by atoms with E-state index in [9.17, 15) is 9.90 Å². The number of hydrogen-bond acceptors (Lipinski definition) is 3. The van der Waals surface area contributed by atoms with Crippen molar-refractivity contribution in [3.63, 3.8) is 0 Å². The molecule has 2 rings (SSSR count). The monoisotopic (exact) mass is 260 g/mol. The van der Waals surface area contributed by atoms with Gasteiger partial charge >= 0.3 is 0 Å². The zero-order valence-electron chi connectivity index (χ0n) is 11.7. The molecule has 0 saturated carbocycles. The first-order valence-corrected chi connectivity index (χ1v) is 6.78. The van der Waals surface area contributed by atoms with E-state index in [1.165, 1.54) is 0 Å². The number of aromatic hydroxyl groups is 1. The number of aryl methyl sites for hydroxylation is 1. The minimum atomic E-state index is -0.118. The Morgan fingerprint density at radius 2 is 2.05 bits per heavy atom. The molecule has 1 aliphatic rings. The lowest BCUT2D eigenvalue weighted by Crippen LogP contribution is -2.04. The van der Waals surface area contributed by atoms with Gasteiger partial charge in [0, 0.05) is 16.7 Å². The zero-order valence-corrected chi connectivity index (χ0v) is 11.7. The number of fused-ring (bicyclic) bond motifs is 1. The fourth-order valence-electron chi connectivity index (χ4n) is 2.39. The predicted molar refractivity (Wildman–Crippen MR) is 76.1 cm³/mol. The van der Waals surface area contributed by atoms with Gasteiger partial charge in [-0.3, -0.25) is 4.79 Å². The summed E-state index contributed by atoms with van der Waals surface area (Å²) in [5, 5.41) is 12.7. The van der Waals surface area contributed by atoms with E-state index >= 15 is 0 Å². The number of amides is 1. The second kappa shape index (κ2) is 5.43. The van der Waals surface area contributed by atoms with Gasteiger partial charge in [-0.05, 0) is 26.7 Å². The Kier molecular flexibility index (Phi) is 3.88. The molecule has 0 atom stereocenters. The summed E-state index contributed by atoms with van der Waals surface area (Å²) in [6, 6.07) is 0. The predicted octanol–water partition coefficient (Wildman–Crippen LogP) is 3.32. The number of nitrogens with zero attached hydrogens (tertiary/aromatic N) is 1. The molecular weight excluding hydrogens is 240 g/mol. The largest absolute Gasteiger partial charge is 0.506 e. The molecule has 0 spiro atoms. The molecular formula is C15H20N2O2. The van der Waals surface area contributed by atoms with Crippen LogP contribution in [0.2, 0.25) is 0 Å². The molecule has 19 heavy (non-hydrogen) atoms. The number of rotatable bonds is 4. The molecule has 0 saturated heterocycles. The molecule has 1 aromatic rings. The number of carbonyl (C=O) groups is 1. The molecule has 1 amide bonds. The van der Waals surface area contributed by atoms with Crippen LogP contribution in [0.5, 0.6) is 5.75 Å². The number of hydrogen-bond donors (Lipinski definition) is 2. The Labute approximate surface area is 113 Å². The van der Waals surface area contributed by atoms with Gasteiger partial charge in [0.25, 0.3) is 5.91 Å². The second-order valence-corrected chi connectivity index (χ2v) is 4.96. The van der Waals surface area contributed by atoms with Crippen molar-refractivity contribution in [2.75, 3.05) is 5.32 Å². The van der Waals surface area contributed by atoms with Crippen LogP contribution < -0.4 is 5.32 Å². The van der Waals surface area contributed by atoms with Crippen molar-refractivity contribution < 1.29 is 9.90 Å². The lowest BCUT2D eigenvalue weighted by atomic mass is 10.0. The summed E-state index contributed by atoms with van der Waals surface area (Å²) < 4.78 is 0. The van der Waals surface area contributed by atoms with E-state index in [1.54, 1.807) is 6.92 Å². The summed E-state index contributed by atoms with van der Waals surface area (Å²) in [5.74, 6) is 0.626. The summed E-state index contributed by atoms with van der Waals surface area (Å²) in [4.78, 5) is 16.2. The number of unbranched alkanes of at least 4 members (excludes halogenated alkanes) is 3. The normalized spacial score (nSPS) is 15.7. The van der Waals surface area contributed by atoms with Crippen molar-refractivity contribution in [3.05, 3.63) is 22.9 Å². The highest BCUT2D eigenvalue weighted by Gasteiger charge is 2.29. The van der Waals surface area contributed by atoms with E-state index in [0.29, 0.717) is 17.1 Å². The molecule has 0 unspecified atom stereocenters. The highest BCUT2D eigenvalue weighted by Crippen LogP contribution is 2.38. The Morgan fingerprint density at radius 1 is 1.32 bits per heavy atom. The molecule has 1 aliphatic heterocycles. The maximum Gasteiger partial charge on any atom is 0.257 e. The second-order valence-electron chi connectivity index (χ2n) is 4.96. The Balaban J connectivity index is 2.35. The van der Waals surface area contributed by atoms with Crippen LogP contribution in [-0.2, 0) is 4.79 Å². The molecule has 1 aromatic heterocycles. The number of anilines is 1. The van der Waals surface area contributed by atoms with Crippen LogP contribution in [0.1, 0.15) is 49.4 Å². The molecule has 2 N–H and O–H groups in total. The summed E-state index contributed by atoms with van der Waals surface area (Å²) >= 11 is 0. The SMILES string of the molecule is CCCCC/C=C1\C(=O)Nc2nc(C)c(O)c(C)c21. The molecule has 0 aliphatic carbocycles. The Bertz CT molecular complexity index is 548. The maximum atomic E-state index is 12.0. The fourth-order valence-corrected chi connectivity index (χ4v) is 2.39. The lowest BCUT2D eigenvalue weighted by Gasteiger charge is -2.08. The third-order valence-corrected chi connectivity index (χ3v) is 3.49. The fraction of sp³-hybridized carbons (Fsp3) is 0.467. The number of carbonyl (C=O) groups excluding carboxylic acids is 1. The van der Waals surface area contributed by atoms with Crippen molar-refractivity contribution in [2.45, 2.75) is 46.5 Å². The van der Waals surface area contributed by atoms with E-state index in [-0.39, 0.29) is 11.7 Å². The highest BCUT2D eigenvalue weighted by molar-refractivity contribution is 6.31. The summed E-state index contributed by atoms with van der Waals surface area (Å²) in [7, 11) is 0. The first kappa shape index (κ1) is 13.6. The molecule has 2 heterocycles. The average molecular weight is 260 g/mol. The minimum Gasteiger partial charge on any atom is -0.506 e. The third-order valence-electron chi connectivity index (χ3n) is 3.49. The van der Waals surface area contributed by atoms with Gasteiger partial charge in [0.1, 0.15) is 11.6 Å². The van der Waals surface area contributed by atoms with Gasteiger partial charge in [-0.1, -0.05) is 25.8 Å². The molecule has 4 heteroatoms. The first-order chi connectivity index (χ1) is 9.06. The van der Waals surface area contributed by atoms with Crippen molar-refractivity contribution in [3.8, 4) is 5.75 Å². The van der Waals surface area contributed by atoms with Crippen LogP contribution in [-0.4, -0.2) is 16.0 Å². The lowest BCUT2D eigenvalue weighted by molar-refractivity contribution is -0.110. The Hall–Kier alpha value is -1.84. The molecule has 0 bridgehead atoms. The van der Waals surface area contributed by atoms with Crippen LogP contribution in [0.15, 0.2) is 6.08 Å². The van der Waals surface area contributed by atoms with Crippen LogP contribution >= 0.6 is 0 Å². The third kappa shape index (κ3) is 2.48. The van der Waals surface area contributed by atoms with E-state index in [2.05, 4.69) is 17.2 Å².